The molecule has 1 aromatic heterocycles. The third kappa shape index (κ3) is 8.93. The Labute approximate surface area is 212 Å². The highest BCUT2D eigenvalue weighted by molar-refractivity contribution is 7.09. The molecule has 2 amide bonds. The first kappa shape index (κ1) is 26.6. The van der Waals surface area contributed by atoms with Crippen molar-refractivity contribution in [2.24, 2.45) is 0 Å². The molecule has 0 aliphatic carbocycles. The number of aromatic nitrogens is 1. The maximum absolute atomic E-state index is 12.3. The number of benzene rings is 2. The fraction of sp³-hybridized carbons (Fsp3) is 0.227. The Morgan fingerprint density at radius 2 is 1.74 bits per heavy atom. The SMILES string of the molecule is O=C(COc1ccc(OC(F)(F)F)cc1)NCc1nc(C(=O)NCCc2ccc(Cl)cc2Cl)cs1. The van der Waals surface area contributed by atoms with Gasteiger partial charge in [0.25, 0.3) is 11.8 Å². The minimum atomic E-state index is -4.79. The molecule has 2 aromatic carbocycles. The third-order valence-electron chi connectivity index (χ3n) is 4.34. The second-order valence-corrected chi connectivity index (χ2v) is 8.74. The first-order valence-corrected chi connectivity index (χ1v) is 11.6. The van der Waals surface area contributed by atoms with Crippen LogP contribution in [-0.2, 0) is 17.8 Å². The molecular formula is C22H18Cl2F3N3O4S. The van der Waals surface area contributed by atoms with Crippen molar-refractivity contribution in [3.8, 4) is 11.5 Å². The Bertz CT molecular complexity index is 1170. The van der Waals surface area contributed by atoms with Crippen LogP contribution in [0.25, 0.3) is 0 Å². The van der Waals surface area contributed by atoms with Gasteiger partial charge in [-0.3, -0.25) is 9.59 Å². The van der Waals surface area contributed by atoms with Gasteiger partial charge in [0.1, 0.15) is 22.2 Å². The van der Waals surface area contributed by atoms with Crippen molar-refractivity contribution in [1.29, 1.82) is 0 Å². The van der Waals surface area contributed by atoms with Crippen LogP contribution in [0.5, 0.6) is 11.5 Å². The lowest BCUT2D eigenvalue weighted by Crippen LogP contribution is -2.28. The summed E-state index contributed by atoms with van der Waals surface area (Å²) in [4.78, 5) is 28.5. The van der Waals surface area contributed by atoms with Gasteiger partial charge in [0.15, 0.2) is 6.61 Å². The molecular weight excluding hydrogens is 530 g/mol. The van der Waals surface area contributed by atoms with E-state index in [0.29, 0.717) is 28.0 Å². The minimum absolute atomic E-state index is 0.0822. The summed E-state index contributed by atoms with van der Waals surface area (Å²) < 4.78 is 45.5. The molecule has 0 saturated heterocycles. The van der Waals surface area contributed by atoms with E-state index >= 15 is 0 Å². The standard InChI is InChI=1S/C22H18Cl2F3N3O4S/c23-14-2-1-13(17(24)9-14)7-8-28-21(32)18-12-35-20(30-18)10-29-19(31)11-33-15-3-5-16(6-4-15)34-22(25,26)27/h1-6,9,12H,7-8,10-11H2,(H,28,32)(H,29,31). The number of hydrogen-bond acceptors (Lipinski definition) is 6. The van der Waals surface area contributed by atoms with Gasteiger partial charge in [-0.25, -0.2) is 4.98 Å². The van der Waals surface area contributed by atoms with Crippen molar-refractivity contribution < 1.29 is 32.2 Å². The van der Waals surface area contributed by atoms with Crippen molar-refractivity contribution in [2.45, 2.75) is 19.3 Å². The monoisotopic (exact) mass is 547 g/mol. The first-order chi connectivity index (χ1) is 16.6. The molecule has 0 spiro atoms. The van der Waals surface area contributed by atoms with E-state index in [2.05, 4.69) is 20.4 Å². The second-order valence-electron chi connectivity index (χ2n) is 6.95. The number of ether oxygens (including phenoxy) is 2. The van der Waals surface area contributed by atoms with Crippen molar-refractivity contribution in [3.63, 3.8) is 0 Å². The molecule has 35 heavy (non-hydrogen) atoms. The van der Waals surface area contributed by atoms with Gasteiger partial charge in [-0.1, -0.05) is 29.3 Å². The Kier molecular flexibility index (Phi) is 9.19. The molecule has 0 aliphatic heterocycles. The summed E-state index contributed by atoms with van der Waals surface area (Å²) in [5, 5.41) is 8.49. The highest BCUT2D eigenvalue weighted by atomic mass is 35.5. The number of nitrogens with zero attached hydrogens (tertiary/aromatic N) is 1. The Morgan fingerprint density at radius 1 is 1.03 bits per heavy atom. The van der Waals surface area contributed by atoms with Gasteiger partial charge in [0.05, 0.1) is 6.54 Å². The molecule has 0 saturated carbocycles. The van der Waals surface area contributed by atoms with E-state index in [9.17, 15) is 22.8 Å². The number of halogens is 5. The first-order valence-electron chi connectivity index (χ1n) is 10.0. The molecule has 1 heterocycles. The summed E-state index contributed by atoms with van der Waals surface area (Å²) in [6, 6.07) is 9.80. The molecule has 7 nitrogen and oxygen atoms in total. The molecule has 0 fully saturated rings. The number of alkyl halides is 3. The zero-order chi connectivity index (χ0) is 25.4. The van der Waals surface area contributed by atoms with Crippen LogP contribution in [0.3, 0.4) is 0 Å². The summed E-state index contributed by atoms with van der Waals surface area (Å²) in [7, 11) is 0. The largest absolute Gasteiger partial charge is 0.573 e. The number of carbonyl (C=O) groups excluding carboxylic acids is 2. The van der Waals surface area contributed by atoms with Gasteiger partial charge < -0.3 is 20.1 Å². The third-order valence-corrected chi connectivity index (χ3v) is 5.78. The summed E-state index contributed by atoms with van der Waals surface area (Å²) in [5.41, 5.74) is 1.07. The Balaban J connectivity index is 1.38. The maximum atomic E-state index is 12.3. The molecule has 3 rings (SSSR count). The Morgan fingerprint density at radius 3 is 2.43 bits per heavy atom. The lowest BCUT2D eigenvalue weighted by Gasteiger charge is -2.10. The van der Waals surface area contributed by atoms with Crippen LogP contribution in [0.4, 0.5) is 13.2 Å². The highest BCUT2D eigenvalue weighted by Crippen LogP contribution is 2.25. The molecule has 0 atom stereocenters. The molecule has 0 unspecified atom stereocenters. The molecule has 0 bridgehead atoms. The van der Waals surface area contributed by atoms with Gasteiger partial charge in [-0.2, -0.15) is 0 Å². The van der Waals surface area contributed by atoms with E-state index in [-0.39, 0.29) is 30.5 Å². The van der Waals surface area contributed by atoms with Gasteiger partial charge in [0, 0.05) is 22.0 Å². The molecule has 13 heteroatoms. The number of nitrogens with one attached hydrogen (secondary N) is 2. The zero-order valence-electron chi connectivity index (χ0n) is 17.8. The summed E-state index contributed by atoms with van der Waals surface area (Å²) >= 11 is 13.2. The van der Waals surface area contributed by atoms with Crippen molar-refractivity contribution >= 4 is 46.4 Å². The van der Waals surface area contributed by atoms with Crippen LogP contribution < -0.4 is 20.1 Å². The fourth-order valence-corrected chi connectivity index (χ4v) is 3.95. The van der Waals surface area contributed by atoms with Crippen molar-refractivity contribution in [2.75, 3.05) is 13.2 Å². The minimum Gasteiger partial charge on any atom is -0.484 e. The molecule has 2 N–H and O–H groups in total. The lowest BCUT2D eigenvalue weighted by molar-refractivity contribution is -0.274. The van der Waals surface area contributed by atoms with Gasteiger partial charge in [0.2, 0.25) is 0 Å². The van der Waals surface area contributed by atoms with E-state index in [1.807, 2.05) is 0 Å². The molecule has 186 valence electrons. The number of thiazole rings is 1. The molecule has 3 aromatic rings. The predicted octanol–water partition coefficient (Wildman–Crippen LogP) is 5.02. The Hall–Kier alpha value is -3.02. The van der Waals surface area contributed by atoms with E-state index in [0.717, 1.165) is 17.7 Å². The lowest BCUT2D eigenvalue weighted by atomic mass is 10.1. The summed E-state index contributed by atoms with van der Waals surface area (Å²) in [6.07, 6.45) is -4.27. The van der Waals surface area contributed by atoms with E-state index in [1.165, 1.54) is 23.5 Å². The van der Waals surface area contributed by atoms with Crippen LogP contribution >= 0.6 is 34.5 Å². The fourth-order valence-electron chi connectivity index (χ4n) is 2.73. The van der Waals surface area contributed by atoms with Gasteiger partial charge >= 0.3 is 6.36 Å². The number of hydrogen-bond donors (Lipinski definition) is 2. The number of carbonyl (C=O) groups is 2. The van der Waals surface area contributed by atoms with Crippen LogP contribution in [0.1, 0.15) is 21.1 Å². The second kappa shape index (κ2) is 12.1. The zero-order valence-corrected chi connectivity index (χ0v) is 20.2. The smallest absolute Gasteiger partial charge is 0.484 e. The molecule has 0 aliphatic rings. The summed E-state index contributed by atoms with van der Waals surface area (Å²) in [5.74, 6) is -1.03. The van der Waals surface area contributed by atoms with Crippen LogP contribution in [0, 0.1) is 0 Å². The van der Waals surface area contributed by atoms with Crippen LogP contribution in [-0.4, -0.2) is 36.3 Å². The van der Waals surface area contributed by atoms with Crippen molar-refractivity contribution in [1.82, 2.24) is 15.6 Å². The van der Waals surface area contributed by atoms with Gasteiger partial charge in [-0.05, 0) is 48.4 Å². The highest BCUT2D eigenvalue weighted by Gasteiger charge is 2.31. The van der Waals surface area contributed by atoms with Gasteiger partial charge in [-0.15, -0.1) is 24.5 Å². The number of rotatable bonds is 10. The normalized spacial score (nSPS) is 11.1. The van der Waals surface area contributed by atoms with E-state index in [4.69, 9.17) is 27.9 Å². The van der Waals surface area contributed by atoms with Crippen LogP contribution in [0.2, 0.25) is 10.0 Å². The number of amides is 2. The van der Waals surface area contributed by atoms with E-state index in [1.54, 1.807) is 23.6 Å². The maximum Gasteiger partial charge on any atom is 0.573 e. The van der Waals surface area contributed by atoms with Crippen LogP contribution in [0.15, 0.2) is 47.8 Å². The average Bonchev–Trinajstić information content (AvgIpc) is 3.27. The predicted molar refractivity (Wildman–Crippen MR) is 125 cm³/mol. The average molecular weight is 548 g/mol. The quantitative estimate of drug-likeness (QED) is 0.372. The molecule has 0 radical (unpaired) electrons. The van der Waals surface area contributed by atoms with Crippen molar-refractivity contribution in [3.05, 3.63) is 74.2 Å². The topological polar surface area (TPSA) is 89.6 Å². The van der Waals surface area contributed by atoms with E-state index < -0.39 is 18.0 Å². The summed E-state index contributed by atoms with van der Waals surface area (Å²) in [6.45, 7) is 0.0781.